The lowest BCUT2D eigenvalue weighted by Crippen LogP contribution is -2.49. The van der Waals surface area contributed by atoms with E-state index in [0.717, 1.165) is 32.4 Å². The Morgan fingerprint density at radius 2 is 1.94 bits per heavy atom. The van der Waals surface area contributed by atoms with Gasteiger partial charge in [0.2, 0.25) is 0 Å². The third-order valence-electron chi connectivity index (χ3n) is 4.03. The predicted octanol–water partition coefficient (Wildman–Crippen LogP) is 1.77. The summed E-state index contributed by atoms with van der Waals surface area (Å²) in [6, 6.07) is 0.475. The molecule has 0 saturated carbocycles. The molecule has 1 saturated heterocycles. The van der Waals surface area contributed by atoms with Crippen LogP contribution in [0.3, 0.4) is 0 Å². The van der Waals surface area contributed by atoms with Gasteiger partial charge in [0.05, 0.1) is 5.60 Å². The van der Waals surface area contributed by atoms with Gasteiger partial charge in [0, 0.05) is 19.2 Å². The van der Waals surface area contributed by atoms with Gasteiger partial charge in [0.15, 0.2) is 0 Å². The SMILES string of the molecule is CCC(O)(CC)CN1CCCCC1CCO. The highest BCUT2D eigenvalue weighted by molar-refractivity contribution is 4.85. The lowest BCUT2D eigenvalue weighted by atomic mass is 9.92. The summed E-state index contributed by atoms with van der Waals surface area (Å²) in [6.07, 6.45) is 6.13. The van der Waals surface area contributed by atoms with Crippen molar-refractivity contribution in [1.29, 1.82) is 0 Å². The molecule has 1 heterocycles. The smallest absolute Gasteiger partial charge is 0.0769 e. The van der Waals surface area contributed by atoms with Crippen LogP contribution in [0.1, 0.15) is 52.4 Å². The molecule has 1 aliphatic heterocycles. The summed E-state index contributed by atoms with van der Waals surface area (Å²) in [6.45, 7) is 6.21. The fourth-order valence-corrected chi connectivity index (χ4v) is 2.60. The highest BCUT2D eigenvalue weighted by Gasteiger charge is 2.30. The average molecular weight is 229 g/mol. The second-order valence-corrected chi connectivity index (χ2v) is 5.06. The molecule has 1 unspecified atom stereocenters. The molecule has 0 spiro atoms. The van der Waals surface area contributed by atoms with E-state index in [9.17, 15) is 5.11 Å². The number of hydrogen-bond acceptors (Lipinski definition) is 3. The van der Waals surface area contributed by atoms with E-state index in [2.05, 4.69) is 18.7 Å². The van der Waals surface area contributed by atoms with Crippen LogP contribution in [0.5, 0.6) is 0 Å². The monoisotopic (exact) mass is 229 g/mol. The molecular formula is C13H27NO2. The molecule has 0 bridgehead atoms. The largest absolute Gasteiger partial charge is 0.396 e. The van der Waals surface area contributed by atoms with Crippen LogP contribution in [0.25, 0.3) is 0 Å². The van der Waals surface area contributed by atoms with E-state index in [0.29, 0.717) is 6.04 Å². The van der Waals surface area contributed by atoms with E-state index < -0.39 is 5.60 Å². The Kier molecular flexibility index (Phi) is 5.73. The van der Waals surface area contributed by atoms with Gasteiger partial charge < -0.3 is 10.2 Å². The standard InChI is InChI=1S/C13H27NO2/c1-3-13(16,4-2)11-14-9-6-5-7-12(14)8-10-15/h12,15-16H,3-11H2,1-2H3. The summed E-state index contributed by atoms with van der Waals surface area (Å²) >= 11 is 0. The van der Waals surface area contributed by atoms with Crippen molar-refractivity contribution in [2.24, 2.45) is 0 Å². The molecule has 96 valence electrons. The lowest BCUT2D eigenvalue weighted by Gasteiger charge is -2.40. The molecule has 1 fully saturated rings. The van der Waals surface area contributed by atoms with Gasteiger partial charge in [-0.2, -0.15) is 0 Å². The Balaban J connectivity index is 2.54. The maximum absolute atomic E-state index is 10.4. The highest BCUT2D eigenvalue weighted by atomic mass is 16.3. The molecule has 3 heteroatoms. The molecule has 2 N–H and O–H groups in total. The van der Waals surface area contributed by atoms with Crippen molar-refractivity contribution in [2.45, 2.75) is 64.0 Å². The van der Waals surface area contributed by atoms with Gasteiger partial charge in [-0.3, -0.25) is 4.90 Å². The molecular weight excluding hydrogens is 202 g/mol. The van der Waals surface area contributed by atoms with Crippen LogP contribution in [-0.2, 0) is 0 Å². The van der Waals surface area contributed by atoms with Crippen molar-refractivity contribution in [3.63, 3.8) is 0 Å². The third kappa shape index (κ3) is 3.72. The van der Waals surface area contributed by atoms with E-state index in [1.54, 1.807) is 0 Å². The second-order valence-electron chi connectivity index (χ2n) is 5.06. The van der Waals surface area contributed by atoms with Crippen molar-refractivity contribution < 1.29 is 10.2 Å². The molecule has 0 radical (unpaired) electrons. The zero-order valence-electron chi connectivity index (χ0n) is 10.8. The summed E-state index contributed by atoms with van der Waals surface area (Å²) in [7, 11) is 0. The molecule has 0 aromatic rings. The van der Waals surface area contributed by atoms with E-state index >= 15 is 0 Å². The van der Waals surface area contributed by atoms with Gasteiger partial charge in [-0.25, -0.2) is 0 Å². The first-order valence-corrected chi connectivity index (χ1v) is 6.72. The van der Waals surface area contributed by atoms with Crippen LogP contribution < -0.4 is 0 Å². The number of rotatable bonds is 6. The minimum absolute atomic E-state index is 0.262. The fourth-order valence-electron chi connectivity index (χ4n) is 2.60. The molecule has 1 atom stereocenters. The number of nitrogens with zero attached hydrogens (tertiary/aromatic N) is 1. The number of aliphatic hydroxyl groups excluding tert-OH is 1. The Bertz CT molecular complexity index is 190. The minimum Gasteiger partial charge on any atom is -0.396 e. The summed E-state index contributed by atoms with van der Waals surface area (Å²) in [5.74, 6) is 0. The van der Waals surface area contributed by atoms with Crippen LogP contribution in [0.4, 0.5) is 0 Å². The zero-order chi connectivity index (χ0) is 12.0. The zero-order valence-corrected chi connectivity index (χ0v) is 10.8. The van der Waals surface area contributed by atoms with Crippen molar-refractivity contribution in [3.05, 3.63) is 0 Å². The Hall–Kier alpha value is -0.120. The first-order chi connectivity index (χ1) is 7.65. The number of β-amino-alcohol motifs (C(OH)–C–C–N with tert-alkyl or cyclic N) is 1. The van der Waals surface area contributed by atoms with Gasteiger partial charge in [0.25, 0.3) is 0 Å². The Morgan fingerprint density at radius 1 is 1.25 bits per heavy atom. The van der Waals surface area contributed by atoms with E-state index in [1.807, 2.05) is 0 Å². The van der Waals surface area contributed by atoms with Crippen LogP contribution in [0.15, 0.2) is 0 Å². The maximum Gasteiger partial charge on any atom is 0.0769 e. The van der Waals surface area contributed by atoms with Gasteiger partial charge in [-0.05, 0) is 38.6 Å². The first-order valence-electron chi connectivity index (χ1n) is 6.72. The Labute approximate surface area is 99.5 Å². The molecule has 16 heavy (non-hydrogen) atoms. The summed E-state index contributed by atoms with van der Waals surface area (Å²) < 4.78 is 0. The molecule has 0 aromatic carbocycles. The van der Waals surface area contributed by atoms with E-state index in [-0.39, 0.29) is 6.61 Å². The van der Waals surface area contributed by atoms with Crippen LogP contribution in [0, 0.1) is 0 Å². The topological polar surface area (TPSA) is 43.7 Å². The van der Waals surface area contributed by atoms with Crippen LogP contribution >= 0.6 is 0 Å². The molecule has 0 aliphatic carbocycles. The quantitative estimate of drug-likeness (QED) is 0.729. The van der Waals surface area contributed by atoms with Gasteiger partial charge in [-0.1, -0.05) is 20.3 Å². The number of piperidine rings is 1. The van der Waals surface area contributed by atoms with E-state index in [1.165, 1.54) is 19.3 Å². The minimum atomic E-state index is -0.537. The molecule has 3 nitrogen and oxygen atoms in total. The molecule has 0 aromatic heterocycles. The summed E-state index contributed by atoms with van der Waals surface area (Å²) in [5.41, 5.74) is -0.537. The second kappa shape index (κ2) is 6.58. The van der Waals surface area contributed by atoms with Crippen molar-refractivity contribution in [2.75, 3.05) is 19.7 Å². The van der Waals surface area contributed by atoms with Crippen molar-refractivity contribution in [3.8, 4) is 0 Å². The molecule has 0 amide bonds. The predicted molar refractivity (Wildman–Crippen MR) is 66.4 cm³/mol. The summed E-state index contributed by atoms with van der Waals surface area (Å²) in [5, 5.41) is 19.4. The normalized spacial score (nSPS) is 23.6. The van der Waals surface area contributed by atoms with E-state index in [4.69, 9.17) is 5.11 Å². The fraction of sp³-hybridized carbons (Fsp3) is 1.00. The lowest BCUT2D eigenvalue weighted by molar-refractivity contribution is -0.0259. The van der Waals surface area contributed by atoms with Gasteiger partial charge in [0.1, 0.15) is 0 Å². The average Bonchev–Trinajstić information content (AvgIpc) is 2.32. The van der Waals surface area contributed by atoms with Crippen molar-refractivity contribution in [1.82, 2.24) is 4.90 Å². The summed E-state index contributed by atoms with van der Waals surface area (Å²) in [4.78, 5) is 2.38. The number of hydrogen-bond donors (Lipinski definition) is 2. The number of aliphatic hydroxyl groups is 2. The first kappa shape index (κ1) is 13.9. The number of likely N-dealkylation sites (tertiary alicyclic amines) is 1. The van der Waals surface area contributed by atoms with Crippen molar-refractivity contribution >= 4 is 0 Å². The van der Waals surface area contributed by atoms with Crippen LogP contribution in [0.2, 0.25) is 0 Å². The maximum atomic E-state index is 10.4. The highest BCUT2D eigenvalue weighted by Crippen LogP contribution is 2.24. The van der Waals surface area contributed by atoms with Gasteiger partial charge >= 0.3 is 0 Å². The molecule has 1 aliphatic rings. The molecule has 1 rings (SSSR count). The van der Waals surface area contributed by atoms with Gasteiger partial charge in [-0.15, -0.1) is 0 Å². The van der Waals surface area contributed by atoms with Crippen LogP contribution in [-0.4, -0.2) is 46.5 Å². The Morgan fingerprint density at radius 3 is 2.50 bits per heavy atom. The third-order valence-corrected chi connectivity index (χ3v) is 4.03.